The van der Waals surface area contributed by atoms with Crippen LogP contribution in [0.25, 0.3) is 118 Å². The summed E-state index contributed by atoms with van der Waals surface area (Å²) in [7, 11) is 7.74. The number of carboxylic acids is 6. The third kappa shape index (κ3) is 23.0. The van der Waals surface area contributed by atoms with E-state index >= 15 is 0 Å². The van der Waals surface area contributed by atoms with E-state index < -0.39 is 35.8 Å². The van der Waals surface area contributed by atoms with Crippen molar-refractivity contribution in [3.05, 3.63) is 203 Å². The molecule has 0 atom stereocenters. The first-order chi connectivity index (χ1) is 68.5. The highest BCUT2D eigenvalue weighted by Gasteiger charge is 2.32. The maximum atomic E-state index is 13.5. The van der Waals surface area contributed by atoms with Crippen molar-refractivity contribution in [1.82, 2.24) is 69.8 Å². The van der Waals surface area contributed by atoms with Crippen LogP contribution in [0.5, 0.6) is 0 Å². The Balaban J connectivity index is 0.000000124. The molecule has 0 bridgehead atoms. The number of thiophene rings is 5. The number of halogens is 3. The number of anilines is 7. The minimum Gasteiger partial charge on any atom is -0.477 e. The second-order valence-electron chi connectivity index (χ2n) is 34.5. The highest BCUT2D eigenvalue weighted by Crippen LogP contribution is 2.44. The summed E-state index contributed by atoms with van der Waals surface area (Å²) < 4.78 is 51.3. The van der Waals surface area contributed by atoms with Gasteiger partial charge in [-0.05, 0) is 194 Å². The largest absolute Gasteiger partial charge is 0.477 e. The van der Waals surface area contributed by atoms with E-state index in [-0.39, 0.29) is 65.7 Å². The lowest BCUT2D eigenvalue weighted by Crippen LogP contribution is -2.37. The summed E-state index contributed by atoms with van der Waals surface area (Å²) in [5.74, 6) is -1.55. The average molecular weight is 2070 g/mol. The minimum absolute atomic E-state index is 0.0337. The molecule has 0 amide bonds. The minimum atomic E-state index is -1.12. The summed E-state index contributed by atoms with van der Waals surface area (Å²) in [6.45, 7) is 21.3. The van der Waals surface area contributed by atoms with Crippen molar-refractivity contribution in [2.24, 2.45) is 0 Å². The van der Waals surface area contributed by atoms with Gasteiger partial charge in [-0.2, -0.15) is 0 Å². The smallest absolute Gasteiger partial charge is 0.365 e. The Morgan fingerprint density at radius 1 is 0.399 bits per heavy atom. The number of hydrogen-bond acceptors (Lipinski definition) is 35. The van der Waals surface area contributed by atoms with Gasteiger partial charge >= 0.3 is 35.8 Å². The van der Waals surface area contributed by atoms with Crippen molar-refractivity contribution < 1.29 is 81.7 Å². The first-order valence-corrected chi connectivity index (χ1v) is 51.1. The standard InChI is InChI=1S/C19H13FN4O2S.C19H16FN3O3S.C16H13FN4O2S.C16H21N3O2S.C15H15N3O2S2.C14H17N3O3S/c1-24(13-5-3-2-4-6-13)16-14(11-7-9-12(20)10-8-11)21-15-17(23-16)27-18(22-15)19(25)26;1-9(2)23(3)17-16(14-7-10-6-11(20)4-5-13(10)26-14)21-12-8-15(19(24)25)27-18(12)22-17;17-10-5-3-9(4-6-10)11-13(21-7-1-2-8-21)20-14-12(18-11)19-15(24-14)16(22)23;1-9(2)19(3)14-13(10-6-4-5-7-10)17-11-8-12(16(20)21)22-15(11)18-14;1-8(2)18(3)13-12(10-5-4-6-21-10)16-9-7-11(15(19)20)22-14(9)17-13;1-8(2)11-12(17-3-5-20-6-4-17)16-13-9(15-11)7-10(21-13)14(18)19/h2-10H,1H3,(H,25,26);4-9H,1-3H3,(H,24,25);3-6H,1-2,7-8H2,(H,22,23);8-10H,4-7H2,1-3H3,(H,20,21);4-8H,1-3H3,(H,19,20);7-8H,3-6H2,1-2H3,(H,18,19). The van der Waals surface area contributed by atoms with Crippen LogP contribution in [0.2, 0.25) is 0 Å². The fraction of sp³-hybridized carbons (Fsp3) is 0.293. The Hall–Kier alpha value is -14.4. The molecule has 44 heteroatoms. The molecule has 143 heavy (non-hydrogen) atoms. The van der Waals surface area contributed by atoms with Crippen molar-refractivity contribution in [3.63, 3.8) is 0 Å². The average Bonchev–Trinajstić information content (AvgIpc) is 1.65. The first-order valence-electron chi connectivity index (χ1n) is 45.3. The van der Waals surface area contributed by atoms with Crippen molar-refractivity contribution in [3.8, 4) is 44.5 Å². The normalized spacial score (nSPS) is 13.2. The number of carboxylic acid groups (broad SMARTS) is 6. The lowest BCUT2D eigenvalue weighted by Gasteiger charge is -2.29. The van der Waals surface area contributed by atoms with E-state index in [0.29, 0.717) is 144 Å². The van der Waals surface area contributed by atoms with Gasteiger partial charge in [-0.3, -0.25) is 0 Å². The molecule has 0 radical (unpaired) electrons. The van der Waals surface area contributed by atoms with Crippen LogP contribution in [0.4, 0.5) is 53.8 Å². The zero-order valence-corrected chi connectivity index (χ0v) is 84.8. The lowest BCUT2D eigenvalue weighted by molar-refractivity contribution is 0.0686. The highest BCUT2D eigenvalue weighted by atomic mass is 32.1. The molecule has 6 N–H and O–H groups in total. The summed E-state index contributed by atoms with van der Waals surface area (Å²) >= 11 is 8.19. The van der Waals surface area contributed by atoms with Gasteiger partial charge in [0.25, 0.3) is 0 Å². The maximum absolute atomic E-state index is 13.5. The van der Waals surface area contributed by atoms with Crippen molar-refractivity contribution in [2.45, 2.75) is 124 Å². The number of furan rings is 1. The number of morpholine rings is 1. The molecular weight excluding hydrogens is 1970 g/mol. The quantitative estimate of drug-likeness (QED) is 0.0367. The number of rotatable bonds is 22. The highest BCUT2D eigenvalue weighted by molar-refractivity contribution is 7.22. The van der Waals surface area contributed by atoms with Crippen LogP contribution in [0.15, 0.2) is 149 Å². The van der Waals surface area contributed by atoms with E-state index in [0.717, 1.165) is 148 Å². The van der Waals surface area contributed by atoms with Gasteiger partial charge in [0.1, 0.15) is 107 Å². The van der Waals surface area contributed by atoms with E-state index in [4.69, 9.17) is 34.4 Å². The number of nitrogens with zero attached hydrogens (tertiary/aromatic N) is 20. The van der Waals surface area contributed by atoms with E-state index in [1.165, 1.54) is 78.0 Å². The van der Waals surface area contributed by atoms with E-state index in [1.54, 1.807) is 65.9 Å². The summed E-state index contributed by atoms with van der Waals surface area (Å²) in [6.07, 6.45) is 6.92. The number of thiazole rings is 2. The van der Waals surface area contributed by atoms with Crippen molar-refractivity contribution in [2.75, 3.05) is 97.0 Å². The van der Waals surface area contributed by atoms with Gasteiger partial charge in [0, 0.05) is 101 Å². The number of hydrogen-bond donors (Lipinski definition) is 6. The number of benzene rings is 4. The maximum Gasteiger partial charge on any atom is 0.365 e. The van der Waals surface area contributed by atoms with Crippen LogP contribution in [0.3, 0.4) is 0 Å². The van der Waals surface area contributed by atoms with Crippen LogP contribution in [0.1, 0.15) is 175 Å². The van der Waals surface area contributed by atoms with Gasteiger partial charge in [-0.25, -0.2) is 112 Å². The molecule has 1 aliphatic carbocycles. The van der Waals surface area contributed by atoms with Gasteiger partial charge in [-0.1, -0.05) is 73.6 Å². The van der Waals surface area contributed by atoms with Crippen LogP contribution in [-0.4, -0.2) is 222 Å². The topological polar surface area (TPSA) is 446 Å². The zero-order chi connectivity index (χ0) is 102. The summed E-state index contributed by atoms with van der Waals surface area (Å²) in [5.41, 5.74) is 10.2. The van der Waals surface area contributed by atoms with E-state index in [1.807, 2.05) is 99.7 Å². The summed E-state index contributed by atoms with van der Waals surface area (Å²) in [6, 6.07) is 38.6. The van der Waals surface area contributed by atoms with Crippen molar-refractivity contribution in [1.29, 1.82) is 0 Å². The number of aromatic nitrogens is 14. The number of fused-ring (bicyclic) bond motifs is 7. The third-order valence-corrected chi connectivity index (χ3v) is 30.3. The fourth-order valence-electron chi connectivity index (χ4n) is 15.5. The Kier molecular flexibility index (Phi) is 31.2. The fourth-order valence-corrected chi connectivity index (χ4v) is 20.9. The lowest BCUT2D eigenvalue weighted by atomic mass is 10.0. The summed E-state index contributed by atoms with van der Waals surface area (Å²) in [4.78, 5) is 149. The molecule has 2 saturated heterocycles. The Morgan fingerprint density at radius 2 is 0.839 bits per heavy atom. The van der Waals surface area contributed by atoms with Gasteiger partial charge in [-0.15, -0.1) is 56.7 Å². The predicted molar refractivity (Wildman–Crippen MR) is 556 cm³/mol. The van der Waals surface area contributed by atoms with Gasteiger partial charge < -0.3 is 69.2 Å². The third-order valence-electron chi connectivity index (χ3n) is 23.6. The first kappa shape index (κ1) is 102. The van der Waals surface area contributed by atoms with Gasteiger partial charge in [0.05, 0.1) is 29.5 Å². The molecule has 4 aromatic carbocycles. The van der Waals surface area contributed by atoms with Crippen LogP contribution in [-0.2, 0) is 4.74 Å². The molecule has 2 aliphatic heterocycles. The molecule has 16 heterocycles. The Bertz CT molecular complexity index is 7720. The van der Waals surface area contributed by atoms with Crippen molar-refractivity contribution >= 4 is 229 Å². The number of aromatic carboxylic acids is 6. The predicted octanol–water partition coefficient (Wildman–Crippen LogP) is 22.5. The van der Waals surface area contributed by atoms with Crippen LogP contribution in [0, 0.1) is 17.5 Å². The molecule has 0 unspecified atom stereocenters. The second-order valence-corrected chi connectivity index (χ2v) is 41.5. The van der Waals surface area contributed by atoms with Gasteiger partial charge in [0.15, 0.2) is 61.6 Å². The number of ether oxygens (including phenoxy) is 1. The molecule has 0 spiro atoms. The molecule has 34 nitrogen and oxygen atoms in total. The second kappa shape index (κ2) is 44.0. The molecule has 21 rings (SSSR count). The molecule has 18 aromatic rings. The molecule has 14 aromatic heterocycles. The molecule has 1 saturated carbocycles. The molecule has 3 fully saturated rings. The monoisotopic (exact) mass is 2070 g/mol. The SMILES string of the molecule is CC(C)N(C)c1nc2sc(C(=O)O)cc2nc1-c1cc2cc(F)ccc2o1.CC(C)N(C)c1nc2sc(C(=O)O)cc2nc1-c1cccs1.CC(C)N(C)c1nc2sc(C(=O)O)cc2nc1C1CCCC1.CC(C)c1nc2cc(C(=O)O)sc2nc1N1CCOCC1.CN(c1ccccc1)c1nc2sc(C(=O)O)nc2nc1-c1ccc(F)cc1.O=C(O)c1nc2nc(-c3ccc(F)cc3)c(N3CCCC3)nc2s1. The summed E-state index contributed by atoms with van der Waals surface area (Å²) in [5, 5.41) is 57.5. The molecule has 3 aliphatic rings. The zero-order valence-electron chi connectivity index (χ0n) is 79.1. The Morgan fingerprint density at radius 3 is 1.34 bits per heavy atom. The number of para-hydroxylation sites is 1. The molecule has 738 valence electrons. The van der Waals surface area contributed by atoms with E-state index in [9.17, 15) is 57.3 Å². The van der Waals surface area contributed by atoms with Crippen LogP contribution < -0.4 is 29.4 Å². The van der Waals surface area contributed by atoms with Gasteiger partial charge in [0.2, 0.25) is 10.0 Å². The van der Waals surface area contributed by atoms with Crippen LogP contribution >= 0.6 is 79.4 Å². The molecular formula is C99H95F3N20O14S7. The van der Waals surface area contributed by atoms with E-state index in [2.05, 4.69) is 121 Å². The number of carbonyl (C=O) groups is 6. The Labute approximate surface area is 843 Å².